The van der Waals surface area contributed by atoms with Gasteiger partial charge in [0, 0.05) is 0 Å². The number of hydrogen-bond acceptors (Lipinski definition) is 0. The Balaban J connectivity index is 1.79. The smallest absolute Gasteiger partial charge is 0.0355 e. The van der Waals surface area contributed by atoms with E-state index < -0.39 is 0 Å². The predicted octanol–water partition coefficient (Wildman–Crippen LogP) is 2.44. The van der Waals surface area contributed by atoms with E-state index in [2.05, 4.69) is 6.92 Å². The van der Waals surface area contributed by atoms with E-state index in [-0.39, 0.29) is 0 Å². The molecule has 2 aliphatic carbocycles. The highest BCUT2D eigenvalue weighted by molar-refractivity contribution is 4.95. The van der Waals surface area contributed by atoms with Crippen LogP contribution in [0.3, 0.4) is 0 Å². The van der Waals surface area contributed by atoms with Gasteiger partial charge in [0.25, 0.3) is 0 Å². The molecule has 0 aromatic rings. The molecule has 2 rings (SSSR count). The van der Waals surface area contributed by atoms with Gasteiger partial charge in [-0.05, 0) is 37.0 Å². The van der Waals surface area contributed by atoms with Gasteiger partial charge in [-0.1, -0.05) is 13.3 Å². The first-order chi connectivity index (χ1) is 3.92. The molecule has 2 unspecified atom stereocenters. The van der Waals surface area contributed by atoms with E-state index in [0.29, 0.717) is 0 Å². The lowest BCUT2D eigenvalue weighted by molar-refractivity contribution is 0.616. The van der Waals surface area contributed by atoms with E-state index in [1.54, 1.807) is 19.3 Å². The van der Waals surface area contributed by atoms with E-state index in [1.807, 2.05) is 0 Å². The normalized spacial score (nSPS) is 44.6. The summed E-state index contributed by atoms with van der Waals surface area (Å²) in [7, 11) is 0. The highest BCUT2D eigenvalue weighted by Crippen LogP contribution is 2.55. The van der Waals surface area contributed by atoms with Crippen LogP contribution in [0.5, 0.6) is 0 Å². The molecule has 0 amide bonds. The molecule has 0 aliphatic heterocycles. The van der Waals surface area contributed by atoms with Crippen LogP contribution in [-0.4, -0.2) is 0 Å². The van der Waals surface area contributed by atoms with Crippen molar-refractivity contribution in [2.75, 3.05) is 0 Å². The second-order valence-corrected chi connectivity index (χ2v) is 3.41. The van der Waals surface area contributed by atoms with Crippen molar-refractivity contribution in [2.24, 2.45) is 17.8 Å². The van der Waals surface area contributed by atoms with Gasteiger partial charge in [0.1, 0.15) is 0 Å². The van der Waals surface area contributed by atoms with Gasteiger partial charge in [-0.25, -0.2) is 0 Å². The van der Waals surface area contributed by atoms with Crippen LogP contribution in [0.2, 0.25) is 0 Å². The Hall–Kier alpha value is 0. The second-order valence-electron chi connectivity index (χ2n) is 3.41. The van der Waals surface area contributed by atoms with E-state index in [0.717, 1.165) is 5.92 Å². The molecule has 0 aromatic heterocycles. The minimum absolute atomic E-state index is 1.16. The molecule has 2 aliphatic rings. The van der Waals surface area contributed by atoms with Crippen molar-refractivity contribution in [1.82, 2.24) is 0 Å². The molecule has 0 nitrogen and oxygen atoms in total. The lowest BCUT2D eigenvalue weighted by Gasteiger charge is -1.87. The molecule has 0 radical (unpaired) electrons. The van der Waals surface area contributed by atoms with Gasteiger partial charge in [-0.3, -0.25) is 0 Å². The summed E-state index contributed by atoms with van der Waals surface area (Å²) in [5.41, 5.74) is 0. The first kappa shape index (κ1) is 4.84. The topological polar surface area (TPSA) is 0 Å². The van der Waals surface area contributed by atoms with Gasteiger partial charge in [-0.15, -0.1) is 0 Å². The lowest BCUT2D eigenvalue weighted by Crippen LogP contribution is -1.80. The third-order valence-electron chi connectivity index (χ3n) is 2.73. The van der Waals surface area contributed by atoms with Crippen molar-refractivity contribution >= 4 is 0 Å². The van der Waals surface area contributed by atoms with Crippen LogP contribution in [0.4, 0.5) is 0 Å². The summed E-state index contributed by atoms with van der Waals surface area (Å²) < 4.78 is 0. The van der Waals surface area contributed by atoms with E-state index in [9.17, 15) is 0 Å². The van der Waals surface area contributed by atoms with Crippen molar-refractivity contribution in [3.05, 3.63) is 0 Å². The molecule has 46 valence electrons. The second kappa shape index (κ2) is 1.49. The van der Waals surface area contributed by atoms with Gasteiger partial charge in [0.2, 0.25) is 0 Å². The van der Waals surface area contributed by atoms with Gasteiger partial charge in [-0.2, -0.15) is 0 Å². The van der Waals surface area contributed by atoms with Crippen LogP contribution in [0, 0.1) is 17.8 Å². The summed E-state index contributed by atoms with van der Waals surface area (Å²) in [5.74, 6) is 3.54. The summed E-state index contributed by atoms with van der Waals surface area (Å²) in [4.78, 5) is 0. The fraction of sp³-hybridized carbons (Fsp3) is 1.00. The molecule has 8 heavy (non-hydrogen) atoms. The molecule has 0 saturated heterocycles. The fourth-order valence-electron chi connectivity index (χ4n) is 1.84. The first-order valence-corrected chi connectivity index (χ1v) is 3.92. The average Bonchev–Trinajstić information content (AvgIpc) is 2.62. The van der Waals surface area contributed by atoms with Crippen LogP contribution in [0.1, 0.15) is 32.6 Å². The minimum atomic E-state index is 1.16. The highest BCUT2D eigenvalue weighted by atomic mass is 14.5. The minimum Gasteiger partial charge on any atom is -0.0651 e. The quantitative estimate of drug-likeness (QED) is 0.512. The maximum absolute atomic E-state index is 2.33. The van der Waals surface area contributed by atoms with Crippen molar-refractivity contribution in [3.63, 3.8) is 0 Å². The van der Waals surface area contributed by atoms with Crippen LogP contribution < -0.4 is 0 Å². The van der Waals surface area contributed by atoms with Crippen molar-refractivity contribution < 1.29 is 0 Å². The van der Waals surface area contributed by atoms with E-state index in [4.69, 9.17) is 0 Å². The van der Waals surface area contributed by atoms with E-state index in [1.165, 1.54) is 18.3 Å². The Kier molecular flexibility index (Phi) is 0.902. The van der Waals surface area contributed by atoms with Crippen molar-refractivity contribution in [1.29, 1.82) is 0 Å². The van der Waals surface area contributed by atoms with Crippen molar-refractivity contribution in [3.8, 4) is 0 Å². The SMILES string of the molecule is CCC1CC1C1CC1. The molecular weight excluding hydrogens is 96.1 g/mol. The number of hydrogen-bond donors (Lipinski definition) is 0. The Labute approximate surface area is 51.3 Å². The summed E-state index contributed by atoms with van der Waals surface area (Å²) in [6, 6.07) is 0. The Morgan fingerprint density at radius 1 is 1.38 bits per heavy atom. The standard InChI is InChI=1S/C8H14/c1-2-6-5-8(6)7-3-4-7/h6-8H,2-5H2,1H3. The Bertz CT molecular complexity index is 92.2. The first-order valence-electron chi connectivity index (χ1n) is 3.92. The third kappa shape index (κ3) is 0.667. The zero-order chi connectivity index (χ0) is 5.56. The lowest BCUT2D eigenvalue weighted by atomic mass is 10.2. The monoisotopic (exact) mass is 110 g/mol. The molecule has 0 heterocycles. The third-order valence-corrected chi connectivity index (χ3v) is 2.73. The zero-order valence-electron chi connectivity index (χ0n) is 5.56. The molecule has 2 fully saturated rings. The Morgan fingerprint density at radius 2 is 2.12 bits per heavy atom. The molecule has 2 atom stereocenters. The number of rotatable bonds is 2. The van der Waals surface area contributed by atoms with Crippen LogP contribution >= 0.6 is 0 Å². The van der Waals surface area contributed by atoms with Gasteiger partial charge in [0.15, 0.2) is 0 Å². The van der Waals surface area contributed by atoms with Gasteiger partial charge < -0.3 is 0 Å². The summed E-state index contributed by atoms with van der Waals surface area (Å²) in [5, 5.41) is 0. The fourth-order valence-corrected chi connectivity index (χ4v) is 1.84. The maximum atomic E-state index is 2.33. The maximum Gasteiger partial charge on any atom is -0.0355 e. The zero-order valence-corrected chi connectivity index (χ0v) is 5.56. The van der Waals surface area contributed by atoms with Crippen LogP contribution in [0.15, 0.2) is 0 Å². The van der Waals surface area contributed by atoms with E-state index >= 15 is 0 Å². The molecule has 0 N–H and O–H groups in total. The molecule has 0 spiro atoms. The Morgan fingerprint density at radius 3 is 2.50 bits per heavy atom. The largest absolute Gasteiger partial charge is 0.0651 e. The molecular formula is C8H14. The molecule has 0 aromatic carbocycles. The highest BCUT2D eigenvalue weighted by Gasteiger charge is 2.45. The average molecular weight is 110 g/mol. The van der Waals surface area contributed by atoms with Gasteiger partial charge in [0.05, 0.1) is 0 Å². The molecule has 0 bridgehead atoms. The predicted molar refractivity (Wildman–Crippen MR) is 34.6 cm³/mol. The van der Waals surface area contributed by atoms with Crippen molar-refractivity contribution in [2.45, 2.75) is 32.6 Å². The van der Waals surface area contributed by atoms with Gasteiger partial charge >= 0.3 is 0 Å². The van der Waals surface area contributed by atoms with Crippen LogP contribution in [0.25, 0.3) is 0 Å². The van der Waals surface area contributed by atoms with Crippen LogP contribution in [-0.2, 0) is 0 Å². The molecule has 2 saturated carbocycles. The summed E-state index contributed by atoms with van der Waals surface area (Å²) >= 11 is 0. The summed E-state index contributed by atoms with van der Waals surface area (Å²) in [6.45, 7) is 2.33. The molecule has 0 heteroatoms. The summed E-state index contributed by atoms with van der Waals surface area (Å²) in [6.07, 6.45) is 6.13.